The normalized spacial score (nSPS) is 15.8. The van der Waals surface area contributed by atoms with E-state index in [4.69, 9.17) is 5.11 Å². The number of amides is 2. The van der Waals surface area contributed by atoms with Crippen molar-refractivity contribution in [1.29, 1.82) is 0 Å². The molecule has 2 rings (SSSR count). The highest BCUT2D eigenvalue weighted by Crippen LogP contribution is 2.28. The summed E-state index contributed by atoms with van der Waals surface area (Å²) < 4.78 is 0. The number of carbonyl (C=O) groups is 2. The second-order valence-electron chi connectivity index (χ2n) is 5.87. The molecule has 1 aromatic heterocycles. The van der Waals surface area contributed by atoms with E-state index in [1.165, 1.54) is 0 Å². The minimum absolute atomic E-state index is 0.00551. The summed E-state index contributed by atoms with van der Waals surface area (Å²) in [5, 5.41) is 16.0. The molecule has 0 saturated heterocycles. The summed E-state index contributed by atoms with van der Waals surface area (Å²) in [5.74, 6) is -1.41. The van der Waals surface area contributed by atoms with Gasteiger partial charge in [0, 0.05) is 19.1 Å². The van der Waals surface area contributed by atoms with Crippen molar-refractivity contribution < 1.29 is 14.7 Å². The number of carboxylic acids is 1. The van der Waals surface area contributed by atoms with Gasteiger partial charge >= 0.3 is 12.0 Å². The van der Waals surface area contributed by atoms with Gasteiger partial charge in [-0.3, -0.25) is 4.79 Å². The van der Waals surface area contributed by atoms with Gasteiger partial charge in [0.2, 0.25) is 0 Å². The second kappa shape index (κ2) is 6.93. The van der Waals surface area contributed by atoms with Crippen LogP contribution in [0.5, 0.6) is 0 Å². The number of rotatable bonds is 7. The summed E-state index contributed by atoms with van der Waals surface area (Å²) in [4.78, 5) is 25.3. The van der Waals surface area contributed by atoms with Crippen molar-refractivity contribution in [3.05, 3.63) is 22.4 Å². The molecule has 1 saturated carbocycles. The third-order valence-corrected chi connectivity index (χ3v) is 4.51. The Balaban J connectivity index is 1.91. The molecule has 0 aromatic carbocycles. The number of carboxylic acid groups (broad SMARTS) is 1. The van der Waals surface area contributed by atoms with Crippen LogP contribution >= 0.6 is 11.3 Å². The van der Waals surface area contributed by atoms with Crippen molar-refractivity contribution in [3.63, 3.8) is 0 Å². The van der Waals surface area contributed by atoms with Crippen molar-refractivity contribution in [2.45, 2.75) is 39.3 Å². The Bertz CT molecular complexity index is 483. The molecule has 1 aliphatic carbocycles. The molecule has 6 heteroatoms. The van der Waals surface area contributed by atoms with E-state index in [9.17, 15) is 9.59 Å². The highest BCUT2D eigenvalue weighted by molar-refractivity contribution is 7.07. The Kier molecular flexibility index (Phi) is 5.22. The van der Waals surface area contributed by atoms with Crippen molar-refractivity contribution in [2.75, 3.05) is 6.54 Å². The van der Waals surface area contributed by atoms with E-state index in [0.29, 0.717) is 12.6 Å². The lowest BCUT2D eigenvalue weighted by Crippen LogP contribution is -2.44. The van der Waals surface area contributed by atoms with Crippen molar-refractivity contribution in [1.82, 2.24) is 10.2 Å². The first-order chi connectivity index (χ1) is 9.99. The molecule has 0 aliphatic heterocycles. The number of carbonyl (C=O) groups excluding carboxylic acids is 1. The number of aliphatic carboxylic acids is 1. The van der Waals surface area contributed by atoms with Gasteiger partial charge in [-0.25, -0.2) is 4.79 Å². The predicted molar refractivity (Wildman–Crippen MR) is 82.2 cm³/mol. The highest BCUT2D eigenvalue weighted by Gasteiger charge is 2.33. The van der Waals surface area contributed by atoms with Crippen molar-refractivity contribution >= 4 is 23.3 Å². The maximum absolute atomic E-state index is 12.3. The number of hydrogen-bond donors (Lipinski definition) is 2. The van der Waals surface area contributed by atoms with Crippen LogP contribution in [0.25, 0.3) is 0 Å². The average molecular weight is 310 g/mol. The molecule has 1 heterocycles. The van der Waals surface area contributed by atoms with Gasteiger partial charge in [0.25, 0.3) is 0 Å². The van der Waals surface area contributed by atoms with Crippen LogP contribution < -0.4 is 5.32 Å². The molecule has 2 N–H and O–H groups in total. The quantitative estimate of drug-likeness (QED) is 0.813. The van der Waals surface area contributed by atoms with Crippen LogP contribution in [0.1, 0.15) is 32.3 Å². The monoisotopic (exact) mass is 310 g/mol. The fourth-order valence-corrected chi connectivity index (χ4v) is 2.90. The summed E-state index contributed by atoms with van der Waals surface area (Å²) in [6, 6.07) is 2.16. The minimum Gasteiger partial charge on any atom is -0.481 e. The van der Waals surface area contributed by atoms with E-state index in [1.54, 1.807) is 11.3 Å². The average Bonchev–Trinajstić information content (AvgIpc) is 3.12. The number of nitrogens with zero attached hydrogens (tertiary/aromatic N) is 1. The molecular formula is C15H22N2O3S. The van der Waals surface area contributed by atoms with E-state index in [2.05, 4.69) is 5.32 Å². The molecule has 21 heavy (non-hydrogen) atoms. The number of urea groups is 1. The number of thiophene rings is 1. The lowest BCUT2D eigenvalue weighted by Gasteiger charge is -2.24. The van der Waals surface area contributed by atoms with Gasteiger partial charge < -0.3 is 15.3 Å². The summed E-state index contributed by atoms with van der Waals surface area (Å²) >= 11 is 1.62. The number of hydrogen-bond acceptors (Lipinski definition) is 3. The van der Waals surface area contributed by atoms with Crippen molar-refractivity contribution in [2.24, 2.45) is 11.8 Å². The van der Waals surface area contributed by atoms with Gasteiger partial charge in [-0.1, -0.05) is 13.8 Å². The zero-order valence-electron chi connectivity index (χ0n) is 12.4. The van der Waals surface area contributed by atoms with Crippen LogP contribution in [-0.2, 0) is 11.3 Å². The first-order valence-corrected chi connectivity index (χ1v) is 8.21. The van der Waals surface area contributed by atoms with Crippen molar-refractivity contribution in [3.8, 4) is 0 Å². The summed E-state index contributed by atoms with van der Waals surface area (Å²) in [5.41, 5.74) is 1.13. The Labute approximate surface area is 129 Å². The molecule has 2 amide bonds. The third-order valence-electron chi connectivity index (χ3n) is 3.78. The molecular weight excluding hydrogens is 288 g/mol. The summed E-state index contributed by atoms with van der Waals surface area (Å²) in [7, 11) is 0. The molecule has 1 fully saturated rings. The van der Waals surface area contributed by atoms with Crippen LogP contribution in [0.4, 0.5) is 4.79 Å². The van der Waals surface area contributed by atoms with Gasteiger partial charge in [0.05, 0.1) is 5.92 Å². The zero-order valence-corrected chi connectivity index (χ0v) is 13.2. The van der Waals surface area contributed by atoms with Gasteiger partial charge in [-0.2, -0.15) is 11.3 Å². The molecule has 0 spiro atoms. The van der Waals surface area contributed by atoms with Gasteiger partial charge in [0.15, 0.2) is 0 Å². The van der Waals surface area contributed by atoms with E-state index in [1.807, 2.05) is 35.6 Å². The van der Waals surface area contributed by atoms with Gasteiger partial charge in [-0.05, 0) is 41.1 Å². The maximum Gasteiger partial charge on any atom is 0.317 e. The van der Waals surface area contributed by atoms with Gasteiger partial charge in [-0.15, -0.1) is 0 Å². The van der Waals surface area contributed by atoms with E-state index in [-0.39, 0.29) is 18.5 Å². The second-order valence-corrected chi connectivity index (χ2v) is 6.65. The van der Waals surface area contributed by atoms with Crippen LogP contribution in [0.2, 0.25) is 0 Å². The standard InChI is InChI=1S/C15H22N2O3S/c1-10(2)13(14(18)19)7-16-15(20)17(12-3-4-12)8-11-5-6-21-9-11/h5-6,9-10,12-13H,3-4,7-8H2,1-2H3,(H,16,20)(H,18,19). The number of nitrogens with one attached hydrogen (secondary N) is 1. The first-order valence-electron chi connectivity index (χ1n) is 7.27. The first kappa shape index (κ1) is 15.8. The molecule has 116 valence electrons. The molecule has 1 aliphatic rings. The Morgan fingerprint density at radius 3 is 2.67 bits per heavy atom. The summed E-state index contributed by atoms with van der Waals surface area (Å²) in [6.45, 7) is 4.49. The van der Waals surface area contributed by atoms with Gasteiger partial charge in [0.1, 0.15) is 0 Å². The zero-order chi connectivity index (χ0) is 15.4. The molecule has 1 aromatic rings. The maximum atomic E-state index is 12.3. The van der Waals surface area contributed by atoms with Crippen LogP contribution in [0, 0.1) is 11.8 Å². The minimum atomic E-state index is -0.860. The molecule has 0 bridgehead atoms. The third kappa shape index (κ3) is 4.46. The lowest BCUT2D eigenvalue weighted by molar-refractivity contribution is -0.142. The summed E-state index contributed by atoms with van der Waals surface area (Å²) in [6.07, 6.45) is 2.06. The molecule has 0 radical (unpaired) electrons. The smallest absolute Gasteiger partial charge is 0.317 e. The van der Waals surface area contributed by atoms with Crippen LogP contribution in [-0.4, -0.2) is 34.6 Å². The lowest BCUT2D eigenvalue weighted by atomic mass is 9.96. The topological polar surface area (TPSA) is 69.6 Å². The fraction of sp³-hybridized carbons (Fsp3) is 0.600. The van der Waals surface area contributed by atoms with Crippen LogP contribution in [0.3, 0.4) is 0 Å². The van der Waals surface area contributed by atoms with E-state index < -0.39 is 11.9 Å². The molecule has 5 nitrogen and oxygen atoms in total. The fourth-order valence-electron chi connectivity index (χ4n) is 2.24. The van der Waals surface area contributed by atoms with Crippen LogP contribution in [0.15, 0.2) is 16.8 Å². The largest absolute Gasteiger partial charge is 0.481 e. The molecule has 1 unspecified atom stereocenters. The van der Waals surface area contributed by atoms with E-state index >= 15 is 0 Å². The Hall–Kier alpha value is -1.56. The predicted octanol–water partition coefficient (Wildman–Crippen LogP) is 2.78. The Morgan fingerprint density at radius 1 is 1.48 bits per heavy atom. The highest BCUT2D eigenvalue weighted by atomic mass is 32.1. The Morgan fingerprint density at radius 2 is 2.19 bits per heavy atom. The van der Waals surface area contributed by atoms with E-state index in [0.717, 1.165) is 18.4 Å². The SMILES string of the molecule is CC(C)C(CNC(=O)N(Cc1ccsc1)C1CC1)C(=O)O. The molecule has 1 atom stereocenters.